The second kappa shape index (κ2) is 6.45. The van der Waals surface area contributed by atoms with Gasteiger partial charge in [-0.3, -0.25) is 0 Å². The maximum Gasteiger partial charge on any atom is 0.231 e. The van der Waals surface area contributed by atoms with E-state index in [4.69, 9.17) is 0 Å². The van der Waals surface area contributed by atoms with Crippen LogP contribution in [0.4, 0.5) is 17.8 Å². The molecule has 0 aromatic carbocycles. The molecule has 1 aliphatic heterocycles. The monoisotopic (exact) mass is 292 g/mol. The van der Waals surface area contributed by atoms with Crippen LogP contribution in [0.15, 0.2) is 0 Å². The quantitative estimate of drug-likeness (QED) is 0.919. The fourth-order valence-electron chi connectivity index (χ4n) is 2.56. The number of nitrogens with one attached hydrogen (secondary N) is 1. The molecule has 118 valence electrons. The fourth-order valence-corrected chi connectivity index (χ4v) is 2.56. The van der Waals surface area contributed by atoms with Gasteiger partial charge < -0.3 is 15.1 Å². The van der Waals surface area contributed by atoms with Crippen molar-refractivity contribution in [3.63, 3.8) is 0 Å². The Labute approximate surface area is 128 Å². The van der Waals surface area contributed by atoms with Crippen molar-refractivity contribution in [2.24, 2.45) is 5.41 Å². The molecule has 0 bridgehead atoms. The van der Waals surface area contributed by atoms with Crippen LogP contribution in [0.2, 0.25) is 0 Å². The zero-order valence-electron chi connectivity index (χ0n) is 14.0. The van der Waals surface area contributed by atoms with Crippen LogP contribution in [0, 0.1) is 5.41 Å². The van der Waals surface area contributed by atoms with Gasteiger partial charge in [0.2, 0.25) is 17.8 Å². The summed E-state index contributed by atoms with van der Waals surface area (Å²) in [5.74, 6) is 2.16. The molecule has 1 fully saturated rings. The van der Waals surface area contributed by atoms with Crippen molar-refractivity contribution in [1.82, 2.24) is 15.0 Å². The molecule has 0 saturated carbocycles. The molecule has 6 heteroatoms. The minimum Gasteiger partial charge on any atom is -0.354 e. The van der Waals surface area contributed by atoms with Crippen LogP contribution in [0.5, 0.6) is 0 Å². The molecule has 0 amide bonds. The number of hydrogen-bond acceptors (Lipinski definition) is 6. The zero-order chi connectivity index (χ0) is 15.5. The van der Waals surface area contributed by atoms with Gasteiger partial charge in [-0.05, 0) is 31.6 Å². The number of hydrogen-bond donors (Lipinski definition) is 1. The molecular formula is C15H28N6. The lowest BCUT2D eigenvalue weighted by molar-refractivity contribution is 0.325. The molecule has 0 unspecified atom stereocenters. The average Bonchev–Trinajstić information content (AvgIpc) is 2.59. The zero-order valence-corrected chi connectivity index (χ0v) is 14.0. The van der Waals surface area contributed by atoms with Crippen LogP contribution < -0.4 is 15.1 Å². The number of anilines is 3. The second-order valence-electron chi connectivity index (χ2n) is 6.69. The van der Waals surface area contributed by atoms with E-state index in [0.717, 1.165) is 25.6 Å². The lowest BCUT2D eigenvalue weighted by Gasteiger charge is -2.24. The van der Waals surface area contributed by atoms with Crippen molar-refractivity contribution in [2.45, 2.75) is 40.0 Å². The Balaban J connectivity index is 2.25. The van der Waals surface area contributed by atoms with E-state index in [1.54, 1.807) is 0 Å². The highest BCUT2D eigenvalue weighted by molar-refractivity contribution is 5.44. The van der Waals surface area contributed by atoms with E-state index in [1.807, 2.05) is 25.9 Å². The van der Waals surface area contributed by atoms with Gasteiger partial charge in [-0.1, -0.05) is 13.8 Å². The molecule has 21 heavy (non-hydrogen) atoms. The van der Waals surface area contributed by atoms with Gasteiger partial charge in [-0.25, -0.2) is 0 Å². The normalized spacial score (nSPS) is 18.2. The summed E-state index contributed by atoms with van der Waals surface area (Å²) in [6.45, 7) is 9.58. The summed E-state index contributed by atoms with van der Waals surface area (Å²) in [7, 11) is 3.92. The fraction of sp³-hybridized carbons (Fsp3) is 0.800. The molecule has 0 aliphatic carbocycles. The minimum absolute atomic E-state index is 0.413. The van der Waals surface area contributed by atoms with Gasteiger partial charge in [0.05, 0.1) is 0 Å². The summed E-state index contributed by atoms with van der Waals surface area (Å²) < 4.78 is 0. The summed E-state index contributed by atoms with van der Waals surface area (Å²) >= 11 is 0. The van der Waals surface area contributed by atoms with Gasteiger partial charge in [0, 0.05) is 33.7 Å². The van der Waals surface area contributed by atoms with Crippen LogP contribution in [0.3, 0.4) is 0 Å². The molecule has 0 atom stereocenters. The summed E-state index contributed by atoms with van der Waals surface area (Å²) in [5.41, 5.74) is 0.413. The minimum atomic E-state index is 0.413. The predicted molar refractivity (Wildman–Crippen MR) is 88.2 cm³/mol. The predicted octanol–water partition coefficient (Wildman–Crippen LogP) is 2.39. The Hall–Kier alpha value is -1.59. The summed E-state index contributed by atoms with van der Waals surface area (Å²) in [6.07, 6.45) is 3.62. The Bertz CT molecular complexity index is 471. The van der Waals surface area contributed by atoms with Crippen molar-refractivity contribution in [3.05, 3.63) is 0 Å². The van der Waals surface area contributed by atoms with Gasteiger partial charge in [-0.15, -0.1) is 0 Å². The third-order valence-electron chi connectivity index (χ3n) is 3.97. The van der Waals surface area contributed by atoms with Crippen molar-refractivity contribution in [3.8, 4) is 0 Å². The van der Waals surface area contributed by atoms with Crippen molar-refractivity contribution >= 4 is 17.8 Å². The Morgan fingerprint density at radius 2 is 1.90 bits per heavy atom. The molecular weight excluding hydrogens is 264 g/mol. The maximum atomic E-state index is 4.62. The van der Waals surface area contributed by atoms with Gasteiger partial charge in [0.15, 0.2) is 0 Å². The summed E-state index contributed by atoms with van der Waals surface area (Å²) in [5, 5.41) is 3.20. The average molecular weight is 292 g/mol. The largest absolute Gasteiger partial charge is 0.354 e. The molecule has 0 spiro atoms. The highest BCUT2D eigenvalue weighted by Gasteiger charge is 2.25. The van der Waals surface area contributed by atoms with E-state index in [2.05, 4.69) is 39.0 Å². The molecule has 0 radical (unpaired) electrons. The Morgan fingerprint density at radius 3 is 2.57 bits per heavy atom. The Morgan fingerprint density at radius 1 is 1.14 bits per heavy atom. The van der Waals surface area contributed by atoms with Crippen LogP contribution in [-0.2, 0) is 0 Å². The van der Waals surface area contributed by atoms with Crippen molar-refractivity contribution in [2.75, 3.05) is 48.8 Å². The molecule has 6 nitrogen and oxygen atoms in total. The number of nitrogens with zero attached hydrogens (tertiary/aromatic N) is 5. The van der Waals surface area contributed by atoms with Gasteiger partial charge in [0.1, 0.15) is 0 Å². The lowest BCUT2D eigenvalue weighted by Crippen LogP contribution is -2.28. The topological polar surface area (TPSA) is 57.2 Å². The first-order chi connectivity index (χ1) is 9.91. The van der Waals surface area contributed by atoms with E-state index < -0.39 is 0 Å². The maximum absolute atomic E-state index is 4.62. The van der Waals surface area contributed by atoms with E-state index in [0.29, 0.717) is 17.3 Å². The first-order valence-corrected chi connectivity index (χ1v) is 7.83. The highest BCUT2D eigenvalue weighted by Crippen LogP contribution is 2.31. The molecule has 2 heterocycles. The Kier molecular flexibility index (Phi) is 4.85. The van der Waals surface area contributed by atoms with E-state index in [1.165, 1.54) is 19.3 Å². The number of rotatable bonds is 4. The van der Waals surface area contributed by atoms with Gasteiger partial charge in [0.25, 0.3) is 0 Å². The second-order valence-corrected chi connectivity index (χ2v) is 6.69. The van der Waals surface area contributed by atoms with Crippen LogP contribution in [-0.4, -0.2) is 48.7 Å². The summed E-state index contributed by atoms with van der Waals surface area (Å²) in [4.78, 5) is 17.9. The molecule has 1 aromatic rings. The van der Waals surface area contributed by atoms with Crippen molar-refractivity contribution in [1.29, 1.82) is 0 Å². The van der Waals surface area contributed by atoms with Crippen LogP contribution >= 0.6 is 0 Å². The standard InChI is InChI=1S/C15H28N6/c1-6-16-12-17-13(20(4)5)19-14(18-12)21-10-7-8-15(2,3)9-11-21/h6-11H2,1-5H3,(H,16,17,18,19). The van der Waals surface area contributed by atoms with Crippen LogP contribution in [0.1, 0.15) is 40.0 Å². The van der Waals surface area contributed by atoms with Gasteiger partial charge in [-0.2, -0.15) is 15.0 Å². The SMILES string of the molecule is CCNc1nc(N(C)C)nc(N2CCCC(C)(C)CC2)n1. The van der Waals surface area contributed by atoms with E-state index in [9.17, 15) is 0 Å². The third kappa shape index (κ3) is 4.19. The summed E-state index contributed by atoms with van der Waals surface area (Å²) in [6, 6.07) is 0. The molecule has 2 rings (SSSR count). The smallest absolute Gasteiger partial charge is 0.231 e. The van der Waals surface area contributed by atoms with Crippen molar-refractivity contribution < 1.29 is 0 Å². The lowest BCUT2D eigenvalue weighted by atomic mass is 9.85. The first kappa shape index (κ1) is 15.8. The van der Waals surface area contributed by atoms with E-state index in [-0.39, 0.29) is 0 Å². The number of aromatic nitrogens is 3. The van der Waals surface area contributed by atoms with E-state index >= 15 is 0 Å². The highest BCUT2D eigenvalue weighted by atomic mass is 15.3. The molecule has 1 aliphatic rings. The molecule has 1 N–H and O–H groups in total. The van der Waals surface area contributed by atoms with Gasteiger partial charge >= 0.3 is 0 Å². The first-order valence-electron chi connectivity index (χ1n) is 7.83. The molecule has 1 aromatic heterocycles. The third-order valence-corrected chi connectivity index (χ3v) is 3.97. The molecule has 1 saturated heterocycles. The van der Waals surface area contributed by atoms with Crippen LogP contribution in [0.25, 0.3) is 0 Å².